The van der Waals surface area contributed by atoms with Crippen LogP contribution < -0.4 is 11.1 Å². The Bertz CT molecular complexity index is 597. The molecule has 2 rings (SSSR count). The molecule has 98 valence electrons. The van der Waals surface area contributed by atoms with Gasteiger partial charge in [-0.2, -0.15) is 0 Å². The van der Waals surface area contributed by atoms with Gasteiger partial charge in [-0.1, -0.05) is 6.07 Å². The van der Waals surface area contributed by atoms with E-state index in [1.165, 1.54) is 6.07 Å². The Balaban J connectivity index is 2.00. The predicted molar refractivity (Wildman–Crippen MR) is 68.4 cm³/mol. The number of hydrogen-bond donors (Lipinski definition) is 2. The van der Waals surface area contributed by atoms with E-state index in [0.29, 0.717) is 16.8 Å². The fourth-order valence-corrected chi connectivity index (χ4v) is 1.57. The van der Waals surface area contributed by atoms with Gasteiger partial charge in [0.05, 0.1) is 0 Å². The van der Waals surface area contributed by atoms with Crippen LogP contribution in [-0.2, 0) is 6.54 Å². The largest absolute Gasteiger partial charge is 0.399 e. The molecule has 0 aliphatic heterocycles. The first-order chi connectivity index (χ1) is 9.06. The number of carbonyl (C=O) groups excluding carboxylic acids is 1. The molecule has 2 aromatic carbocycles. The molecular weight excluding hydrogens is 250 g/mol. The molecule has 5 heteroatoms. The zero-order valence-corrected chi connectivity index (χ0v) is 9.99. The maximum Gasteiger partial charge on any atom is 0.251 e. The van der Waals surface area contributed by atoms with Crippen LogP contribution in [0.4, 0.5) is 14.5 Å². The number of nitrogens with one attached hydrogen (secondary N) is 1. The van der Waals surface area contributed by atoms with Crippen LogP contribution in [-0.4, -0.2) is 5.91 Å². The Labute approximate surface area is 109 Å². The Morgan fingerprint density at radius 1 is 1.05 bits per heavy atom. The van der Waals surface area contributed by atoms with Crippen LogP contribution in [0.1, 0.15) is 15.9 Å². The highest BCUT2D eigenvalue weighted by molar-refractivity contribution is 5.94. The van der Waals surface area contributed by atoms with Gasteiger partial charge in [-0.3, -0.25) is 4.79 Å². The Hall–Kier alpha value is -2.43. The highest BCUT2D eigenvalue weighted by atomic mass is 19.2. The second-order valence-corrected chi connectivity index (χ2v) is 4.05. The lowest BCUT2D eigenvalue weighted by Gasteiger charge is -2.06. The van der Waals surface area contributed by atoms with E-state index in [1.54, 1.807) is 24.3 Å². The molecule has 3 N–H and O–H groups in total. The van der Waals surface area contributed by atoms with E-state index in [4.69, 9.17) is 5.73 Å². The lowest BCUT2D eigenvalue weighted by Crippen LogP contribution is -2.22. The summed E-state index contributed by atoms with van der Waals surface area (Å²) in [5.41, 5.74) is 7.02. The molecule has 0 radical (unpaired) electrons. The number of nitrogen functional groups attached to an aromatic ring is 1. The molecule has 0 aromatic heterocycles. The van der Waals surface area contributed by atoms with E-state index in [0.717, 1.165) is 12.1 Å². The van der Waals surface area contributed by atoms with Crippen LogP contribution in [0, 0.1) is 11.6 Å². The molecule has 0 unspecified atom stereocenters. The number of amides is 1. The van der Waals surface area contributed by atoms with Crippen molar-refractivity contribution in [3.63, 3.8) is 0 Å². The smallest absolute Gasteiger partial charge is 0.251 e. The second-order valence-electron chi connectivity index (χ2n) is 4.05. The van der Waals surface area contributed by atoms with Gasteiger partial charge in [0, 0.05) is 17.8 Å². The first kappa shape index (κ1) is 13.0. The number of benzene rings is 2. The maximum absolute atomic E-state index is 13.0. The molecule has 0 saturated heterocycles. The summed E-state index contributed by atoms with van der Waals surface area (Å²) in [5.74, 6) is -2.14. The van der Waals surface area contributed by atoms with Gasteiger partial charge >= 0.3 is 0 Å². The first-order valence-electron chi connectivity index (χ1n) is 5.64. The molecule has 2 aromatic rings. The maximum atomic E-state index is 13.0. The van der Waals surface area contributed by atoms with Crippen molar-refractivity contribution in [3.05, 3.63) is 65.2 Å². The third kappa shape index (κ3) is 3.28. The molecule has 0 bridgehead atoms. The monoisotopic (exact) mass is 262 g/mol. The lowest BCUT2D eigenvalue weighted by molar-refractivity contribution is 0.0951. The minimum atomic E-state index is -0.931. The van der Waals surface area contributed by atoms with Crippen LogP contribution in [0.25, 0.3) is 0 Å². The summed E-state index contributed by atoms with van der Waals surface area (Å²) in [5, 5.41) is 2.61. The minimum absolute atomic E-state index is 0.125. The van der Waals surface area contributed by atoms with Gasteiger partial charge in [-0.15, -0.1) is 0 Å². The number of halogens is 2. The number of anilines is 1. The quantitative estimate of drug-likeness (QED) is 0.835. The Kier molecular flexibility index (Phi) is 3.75. The molecule has 0 heterocycles. The second kappa shape index (κ2) is 5.48. The molecule has 1 amide bonds. The summed E-state index contributed by atoms with van der Waals surface area (Å²) >= 11 is 0. The molecule has 0 atom stereocenters. The average Bonchev–Trinajstić information content (AvgIpc) is 2.40. The fraction of sp³-hybridized carbons (Fsp3) is 0.0714. The molecule has 19 heavy (non-hydrogen) atoms. The third-order valence-corrected chi connectivity index (χ3v) is 2.61. The van der Waals surface area contributed by atoms with E-state index in [9.17, 15) is 13.6 Å². The topological polar surface area (TPSA) is 55.1 Å². The summed E-state index contributed by atoms with van der Waals surface area (Å²) in [4.78, 5) is 11.8. The van der Waals surface area contributed by atoms with E-state index < -0.39 is 11.6 Å². The highest BCUT2D eigenvalue weighted by Crippen LogP contribution is 2.09. The Morgan fingerprint density at radius 2 is 1.74 bits per heavy atom. The number of nitrogens with two attached hydrogens (primary N) is 1. The first-order valence-corrected chi connectivity index (χ1v) is 5.64. The van der Waals surface area contributed by atoms with Crippen molar-refractivity contribution in [2.75, 3.05) is 5.73 Å². The van der Waals surface area contributed by atoms with Gasteiger partial charge in [-0.25, -0.2) is 8.78 Å². The van der Waals surface area contributed by atoms with Crippen molar-refractivity contribution < 1.29 is 13.6 Å². The third-order valence-electron chi connectivity index (χ3n) is 2.61. The lowest BCUT2D eigenvalue weighted by atomic mass is 10.1. The van der Waals surface area contributed by atoms with Crippen LogP contribution in [0.15, 0.2) is 42.5 Å². The summed E-state index contributed by atoms with van der Waals surface area (Å²) in [7, 11) is 0. The summed E-state index contributed by atoms with van der Waals surface area (Å²) < 4.78 is 25.7. The van der Waals surface area contributed by atoms with Crippen molar-refractivity contribution in [1.29, 1.82) is 0 Å². The highest BCUT2D eigenvalue weighted by Gasteiger charge is 2.06. The van der Waals surface area contributed by atoms with Gasteiger partial charge in [0.1, 0.15) is 0 Å². The van der Waals surface area contributed by atoms with Gasteiger partial charge in [0.2, 0.25) is 0 Å². The van der Waals surface area contributed by atoms with Gasteiger partial charge < -0.3 is 11.1 Å². The van der Waals surface area contributed by atoms with Crippen LogP contribution in [0.3, 0.4) is 0 Å². The predicted octanol–water partition coefficient (Wildman–Crippen LogP) is 2.48. The van der Waals surface area contributed by atoms with Crippen molar-refractivity contribution in [1.82, 2.24) is 5.32 Å². The molecule has 0 spiro atoms. The number of hydrogen-bond acceptors (Lipinski definition) is 2. The van der Waals surface area contributed by atoms with Crippen molar-refractivity contribution in [2.45, 2.75) is 6.54 Å². The normalized spacial score (nSPS) is 10.2. The van der Waals surface area contributed by atoms with Gasteiger partial charge in [0.15, 0.2) is 11.6 Å². The number of carbonyl (C=O) groups is 1. The van der Waals surface area contributed by atoms with Crippen LogP contribution >= 0.6 is 0 Å². The number of rotatable bonds is 3. The molecule has 0 saturated carbocycles. The van der Waals surface area contributed by atoms with E-state index >= 15 is 0 Å². The molecule has 3 nitrogen and oxygen atoms in total. The molecule has 0 aliphatic carbocycles. The van der Waals surface area contributed by atoms with Crippen molar-refractivity contribution >= 4 is 11.6 Å². The summed E-state index contributed by atoms with van der Waals surface area (Å²) in [6.45, 7) is 0.125. The van der Waals surface area contributed by atoms with Crippen molar-refractivity contribution in [2.24, 2.45) is 0 Å². The van der Waals surface area contributed by atoms with Crippen LogP contribution in [0.5, 0.6) is 0 Å². The standard InChI is InChI=1S/C14H12F2N2O/c15-12-6-1-9(7-13(12)16)8-18-14(19)10-2-4-11(17)5-3-10/h1-7H,8,17H2,(H,18,19). The molecule has 0 aliphatic rings. The SMILES string of the molecule is Nc1ccc(C(=O)NCc2ccc(F)c(F)c2)cc1. The van der Waals surface area contributed by atoms with Gasteiger partial charge in [-0.05, 0) is 42.0 Å². The molecule has 0 fully saturated rings. The van der Waals surface area contributed by atoms with E-state index in [2.05, 4.69) is 5.32 Å². The van der Waals surface area contributed by atoms with E-state index in [1.807, 2.05) is 0 Å². The van der Waals surface area contributed by atoms with Crippen LogP contribution in [0.2, 0.25) is 0 Å². The Morgan fingerprint density at radius 3 is 2.37 bits per heavy atom. The van der Waals surface area contributed by atoms with Gasteiger partial charge in [0.25, 0.3) is 5.91 Å². The zero-order valence-electron chi connectivity index (χ0n) is 9.99. The van der Waals surface area contributed by atoms with E-state index in [-0.39, 0.29) is 12.5 Å². The zero-order chi connectivity index (χ0) is 13.8. The molecular formula is C14H12F2N2O. The minimum Gasteiger partial charge on any atom is -0.399 e. The summed E-state index contributed by atoms with van der Waals surface area (Å²) in [6.07, 6.45) is 0. The van der Waals surface area contributed by atoms with Crippen molar-refractivity contribution in [3.8, 4) is 0 Å². The average molecular weight is 262 g/mol. The summed E-state index contributed by atoms with van der Waals surface area (Å²) in [6, 6.07) is 9.92. The fourth-order valence-electron chi connectivity index (χ4n) is 1.57.